The van der Waals surface area contributed by atoms with E-state index in [9.17, 15) is 9.18 Å². The largest absolute Gasteiger partial charge is 0.481 e. The number of carboxylic acids is 1. The fourth-order valence-corrected chi connectivity index (χ4v) is 1.61. The van der Waals surface area contributed by atoms with Gasteiger partial charge in [0, 0.05) is 6.20 Å². The molecule has 4 heteroatoms. The van der Waals surface area contributed by atoms with Gasteiger partial charge in [0.05, 0.1) is 5.92 Å². The highest BCUT2D eigenvalue weighted by molar-refractivity contribution is 5.77. The Morgan fingerprint density at radius 3 is 2.53 bits per heavy atom. The van der Waals surface area contributed by atoms with Crippen LogP contribution in [0.4, 0.5) is 4.39 Å². The summed E-state index contributed by atoms with van der Waals surface area (Å²) in [4.78, 5) is 14.5. The van der Waals surface area contributed by atoms with Gasteiger partial charge in [-0.1, -0.05) is 20.8 Å². The van der Waals surface area contributed by atoms with E-state index in [2.05, 4.69) is 4.98 Å². The van der Waals surface area contributed by atoms with Gasteiger partial charge in [0.2, 0.25) is 5.95 Å². The molecule has 1 atom stereocenters. The van der Waals surface area contributed by atoms with Crippen molar-refractivity contribution in [3.05, 3.63) is 29.8 Å². The second-order valence-electron chi connectivity index (χ2n) is 4.55. The maximum absolute atomic E-state index is 12.9. The fourth-order valence-electron chi connectivity index (χ4n) is 1.61. The lowest BCUT2D eigenvalue weighted by Gasteiger charge is -2.27. The van der Waals surface area contributed by atoms with E-state index in [0.717, 1.165) is 0 Å². The molecule has 0 aliphatic carbocycles. The maximum Gasteiger partial charge on any atom is 0.311 e. The molecule has 0 saturated heterocycles. The normalized spacial score (nSPS) is 13.6. The standard InChI is InChI=1S/C11H14FNO2/c1-11(2,3)9(10(14)15)7-4-5-13-8(12)6-7/h4-6,9H,1-3H3,(H,14,15). The SMILES string of the molecule is CC(C)(C)C(C(=O)O)c1ccnc(F)c1. The molecular formula is C11H14FNO2. The molecule has 0 aliphatic rings. The van der Waals surface area contributed by atoms with E-state index in [1.54, 1.807) is 0 Å². The van der Waals surface area contributed by atoms with Crippen molar-refractivity contribution in [2.24, 2.45) is 5.41 Å². The number of pyridine rings is 1. The Bertz CT molecular complexity index is 371. The zero-order chi connectivity index (χ0) is 11.6. The van der Waals surface area contributed by atoms with Crippen molar-refractivity contribution in [2.45, 2.75) is 26.7 Å². The number of aliphatic carboxylic acids is 1. The van der Waals surface area contributed by atoms with Crippen LogP contribution < -0.4 is 0 Å². The fraction of sp³-hybridized carbons (Fsp3) is 0.455. The van der Waals surface area contributed by atoms with Crippen LogP contribution >= 0.6 is 0 Å². The van der Waals surface area contributed by atoms with Gasteiger partial charge in [-0.05, 0) is 23.1 Å². The molecule has 3 nitrogen and oxygen atoms in total. The Labute approximate surface area is 88.0 Å². The summed E-state index contributed by atoms with van der Waals surface area (Å²) in [7, 11) is 0. The molecule has 0 spiro atoms. The Morgan fingerprint density at radius 1 is 1.53 bits per heavy atom. The third-order valence-electron chi connectivity index (χ3n) is 2.20. The quantitative estimate of drug-likeness (QED) is 0.764. The number of carbonyl (C=O) groups is 1. The van der Waals surface area contributed by atoms with E-state index in [-0.39, 0.29) is 0 Å². The predicted molar refractivity (Wildman–Crippen MR) is 54.0 cm³/mol. The molecule has 1 heterocycles. The molecule has 0 fully saturated rings. The summed E-state index contributed by atoms with van der Waals surface area (Å²) in [5.74, 6) is -2.33. The Balaban J connectivity index is 3.16. The average molecular weight is 211 g/mol. The monoisotopic (exact) mass is 211 g/mol. The van der Waals surface area contributed by atoms with E-state index in [0.29, 0.717) is 5.56 Å². The molecule has 1 rings (SSSR count). The molecule has 1 N–H and O–H groups in total. The van der Waals surface area contributed by atoms with Crippen molar-refractivity contribution in [3.63, 3.8) is 0 Å². The van der Waals surface area contributed by atoms with Crippen molar-refractivity contribution >= 4 is 5.97 Å². The van der Waals surface area contributed by atoms with Crippen molar-refractivity contribution in [3.8, 4) is 0 Å². The number of halogens is 1. The summed E-state index contributed by atoms with van der Waals surface area (Å²) < 4.78 is 12.9. The van der Waals surface area contributed by atoms with Gasteiger partial charge in [0.1, 0.15) is 0 Å². The average Bonchev–Trinajstić information content (AvgIpc) is 1.99. The first kappa shape index (κ1) is 11.6. The van der Waals surface area contributed by atoms with Gasteiger partial charge in [-0.2, -0.15) is 4.39 Å². The van der Waals surface area contributed by atoms with Crippen LogP contribution in [-0.2, 0) is 4.79 Å². The summed E-state index contributed by atoms with van der Waals surface area (Å²) in [5.41, 5.74) is -0.0119. The number of aromatic nitrogens is 1. The second-order valence-corrected chi connectivity index (χ2v) is 4.55. The highest BCUT2D eigenvalue weighted by atomic mass is 19.1. The number of rotatable bonds is 2. The van der Waals surface area contributed by atoms with E-state index >= 15 is 0 Å². The van der Waals surface area contributed by atoms with E-state index in [1.165, 1.54) is 18.3 Å². The second kappa shape index (κ2) is 3.96. The lowest BCUT2D eigenvalue weighted by atomic mass is 9.77. The van der Waals surface area contributed by atoms with Gasteiger partial charge in [0.15, 0.2) is 0 Å². The first-order chi connectivity index (χ1) is 6.82. The van der Waals surface area contributed by atoms with E-state index in [1.807, 2.05) is 20.8 Å². The van der Waals surface area contributed by atoms with Gasteiger partial charge in [-0.25, -0.2) is 4.98 Å². The van der Waals surface area contributed by atoms with E-state index < -0.39 is 23.2 Å². The highest BCUT2D eigenvalue weighted by Gasteiger charge is 2.32. The Kier molecular flexibility index (Phi) is 3.07. The van der Waals surface area contributed by atoms with Crippen molar-refractivity contribution in [1.29, 1.82) is 0 Å². The van der Waals surface area contributed by atoms with Crippen LogP contribution in [0.5, 0.6) is 0 Å². The molecule has 0 bridgehead atoms. The minimum absolute atomic E-state index is 0.447. The Morgan fingerprint density at radius 2 is 2.13 bits per heavy atom. The van der Waals surface area contributed by atoms with Crippen LogP contribution in [0.2, 0.25) is 0 Å². The third kappa shape index (κ3) is 2.75. The summed E-state index contributed by atoms with van der Waals surface area (Å²) in [5, 5.41) is 9.11. The molecule has 0 aliphatic heterocycles. The van der Waals surface area contributed by atoms with Gasteiger partial charge < -0.3 is 5.11 Å². The first-order valence-electron chi connectivity index (χ1n) is 4.66. The lowest BCUT2D eigenvalue weighted by molar-refractivity contribution is -0.141. The van der Waals surface area contributed by atoms with Crippen LogP contribution in [0.3, 0.4) is 0 Å². The minimum atomic E-state index is -0.951. The summed E-state index contributed by atoms with van der Waals surface area (Å²) in [6, 6.07) is 2.71. The summed E-state index contributed by atoms with van der Waals surface area (Å²) in [6.45, 7) is 5.43. The zero-order valence-electron chi connectivity index (χ0n) is 8.99. The van der Waals surface area contributed by atoms with Gasteiger partial charge in [-0.3, -0.25) is 4.79 Å². The molecule has 1 aromatic rings. The minimum Gasteiger partial charge on any atom is -0.481 e. The maximum atomic E-state index is 12.9. The molecule has 0 radical (unpaired) electrons. The van der Waals surface area contributed by atoms with Gasteiger partial charge >= 0.3 is 5.97 Å². The number of hydrogen-bond donors (Lipinski definition) is 1. The smallest absolute Gasteiger partial charge is 0.311 e. The molecule has 0 aromatic carbocycles. The number of hydrogen-bond acceptors (Lipinski definition) is 2. The van der Waals surface area contributed by atoms with E-state index in [4.69, 9.17) is 5.11 Å². The van der Waals surface area contributed by atoms with Crippen LogP contribution in [0.25, 0.3) is 0 Å². The summed E-state index contributed by atoms with van der Waals surface area (Å²) >= 11 is 0. The predicted octanol–water partition coefficient (Wildman–Crippen LogP) is 2.44. The summed E-state index contributed by atoms with van der Waals surface area (Å²) in [6.07, 6.45) is 1.28. The molecule has 1 unspecified atom stereocenters. The number of carboxylic acid groups (broad SMARTS) is 1. The van der Waals surface area contributed by atoms with Gasteiger partial charge in [0.25, 0.3) is 0 Å². The van der Waals surface area contributed by atoms with Crippen LogP contribution in [-0.4, -0.2) is 16.1 Å². The molecule has 1 aromatic heterocycles. The molecule has 0 saturated carbocycles. The molecule has 15 heavy (non-hydrogen) atoms. The van der Waals surface area contributed by atoms with Crippen LogP contribution in [0.1, 0.15) is 32.3 Å². The zero-order valence-corrected chi connectivity index (χ0v) is 8.99. The van der Waals surface area contributed by atoms with Crippen molar-refractivity contribution in [1.82, 2.24) is 4.98 Å². The lowest BCUT2D eigenvalue weighted by Crippen LogP contribution is -2.26. The third-order valence-corrected chi connectivity index (χ3v) is 2.20. The Hall–Kier alpha value is -1.45. The van der Waals surface area contributed by atoms with Crippen LogP contribution in [0.15, 0.2) is 18.3 Å². The van der Waals surface area contributed by atoms with Crippen LogP contribution in [0, 0.1) is 11.4 Å². The topological polar surface area (TPSA) is 50.2 Å². The van der Waals surface area contributed by atoms with Crippen molar-refractivity contribution in [2.75, 3.05) is 0 Å². The number of nitrogens with zero attached hydrogens (tertiary/aromatic N) is 1. The molecule has 0 amide bonds. The first-order valence-corrected chi connectivity index (χ1v) is 4.66. The van der Waals surface area contributed by atoms with Crippen molar-refractivity contribution < 1.29 is 14.3 Å². The highest BCUT2D eigenvalue weighted by Crippen LogP contribution is 2.35. The molecule has 82 valence electrons. The van der Waals surface area contributed by atoms with Gasteiger partial charge in [-0.15, -0.1) is 0 Å². The molecular weight excluding hydrogens is 197 g/mol.